The zero-order chi connectivity index (χ0) is 29.8. The number of furan rings is 1. The van der Waals surface area contributed by atoms with Crippen LogP contribution in [0.3, 0.4) is 0 Å². The zero-order valence-corrected chi connectivity index (χ0v) is 23.9. The van der Waals surface area contributed by atoms with Crippen LogP contribution in [0, 0.1) is 6.92 Å². The second kappa shape index (κ2) is 10.00. The number of hydrogen-bond donors (Lipinski definition) is 2. The maximum Gasteiger partial charge on any atom is 0.260 e. The lowest BCUT2D eigenvalue weighted by Crippen LogP contribution is -2.25. The molecule has 0 aliphatic heterocycles. The normalized spacial score (nSPS) is 11.7. The van der Waals surface area contributed by atoms with Gasteiger partial charge < -0.3 is 19.1 Å². The molecule has 11 nitrogen and oxygen atoms in total. The van der Waals surface area contributed by atoms with Crippen LogP contribution in [-0.4, -0.2) is 49.6 Å². The fourth-order valence-corrected chi connectivity index (χ4v) is 5.25. The van der Waals surface area contributed by atoms with Gasteiger partial charge in [-0.2, -0.15) is 4.98 Å². The first-order chi connectivity index (χ1) is 20.0. The molecule has 4 aromatic heterocycles. The van der Waals surface area contributed by atoms with Gasteiger partial charge in [0.05, 0.1) is 17.5 Å². The van der Waals surface area contributed by atoms with Crippen molar-refractivity contribution in [3.63, 3.8) is 0 Å². The molecule has 0 atom stereocenters. The second-order valence-electron chi connectivity index (χ2n) is 9.82. The number of carbonyl (C=O) groups is 1. The van der Waals surface area contributed by atoms with E-state index in [0.29, 0.717) is 50.2 Å². The summed E-state index contributed by atoms with van der Waals surface area (Å²) in [6.07, 6.45) is 4.12. The summed E-state index contributed by atoms with van der Waals surface area (Å²) in [6, 6.07) is 15.7. The molecule has 12 heteroatoms. The molecule has 0 bridgehead atoms. The number of oxazole rings is 1. The van der Waals surface area contributed by atoms with Crippen molar-refractivity contribution in [2.45, 2.75) is 6.92 Å². The Kier molecular flexibility index (Phi) is 6.42. The van der Waals surface area contributed by atoms with Crippen molar-refractivity contribution < 1.29 is 22.0 Å². The van der Waals surface area contributed by atoms with Crippen molar-refractivity contribution in [3.8, 4) is 33.9 Å². The highest BCUT2D eigenvalue weighted by atomic mass is 32.2. The molecular formula is C30H25N5O6S. The van der Waals surface area contributed by atoms with Gasteiger partial charge in [0, 0.05) is 54.6 Å². The minimum Gasteiger partial charge on any atom is -0.455 e. The fourth-order valence-electron chi connectivity index (χ4n) is 4.74. The van der Waals surface area contributed by atoms with Gasteiger partial charge in [0.1, 0.15) is 16.9 Å². The van der Waals surface area contributed by atoms with Crippen molar-refractivity contribution in [3.05, 3.63) is 88.5 Å². The molecule has 2 N–H and O–H groups in total. The number of H-pyrrole nitrogens is 1. The molecule has 0 radical (unpaired) electrons. The molecule has 2 aromatic carbocycles. The van der Waals surface area contributed by atoms with Crippen molar-refractivity contribution in [1.82, 2.24) is 20.3 Å². The number of fused-ring (bicyclic) bond motifs is 2. The zero-order valence-electron chi connectivity index (χ0n) is 23.1. The van der Waals surface area contributed by atoms with Crippen LogP contribution in [0.1, 0.15) is 15.9 Å². The molecule has 6 rings (SSSR count). The van der Waals surface area contributed by atoms with E-state index in [1.54, 1.807) is 36.5 Å². The number of aromatic amines is 1. The third-order valence-corrected chi connectivity index (χ3v) is 8.21. The van der Waals surface area contributed by atoms with Gasteiger partial charge in [-0.15, -0.1) is 0 Å². The number of rotatable bonds is 6. The highest BCUT2D eigenvalue weighted by molar-refractivity contribution is 7.92. The molecule has 0 fully saturated rings. The minimum atomic E-state index is -3.72. The predicted molar refractivity (Wildman–Crippen MR) is 160 cm³/mol. The van der Waals surface area contributed by atoms with Crippen LogP contribution < -0.4 is 15.2 Å². The third-order valence-electron chi connectivity index (χ3n) is 7.02. The largest absolute Gasteiger partial charge is 0.455 e. The lowest BCUT2D eigenvalue weighted by molar-refractivity contribution is 0.0964. The Balaban J connectivity index is 1.63. The van der Waals surface area contributed by atoms with Gasteiger partial charge in [0.2, 0.25) is 15.9 Å². The summed E-state index contributed by atoms with van der Waals surface area (Å²) in [6.45, 7) is 1.96. The Morgan fingerprint density at radius 2 is 1.76 bits per heavy atom. The van der Waals surface area contributed by atoms with Crippen LogP contribution in [0.2, 0.25) is 0 Å². The Bertz CT molecular complexity index is 2150. The smallest absolute Gasteiger partial charge is 0.260 e. The van der Waals surface area contributed by atoms with Crippen molar-refractivity contribution in [1.29, 1.82) is 0 Å². The number of hydrogen-bond acceptors (Lipinski definition) is 8. The first-order valence-corrected chi connectivity index (χ1v) is 14.7. The molecule has 0 spiro atoms. The number of amides is 1. The monoisotopic (exact) mass is 583 g/mol. The van der Waals surface area contributed by atoms with E-state index in [2.05, 4.69) is 20.3 Å². The quantitative estimate of drug-likeness (QED) is 0.286. The number of aromatic nitrogens is 3. The average Bonchev–Trinajstić information content (AvgIpc) is 3.57. The van der Waals surface area contributed by atoms with Crippen molar-refractivity contribution in [2.75, 3.05) is 24.7 Å². The number of nitrogens with one attached hydrogen (secondary N) is 2. The topological polar surface area (TPSA) is 151 Å². The Morgan fingerprint density at radius 3 is 2.45 bits per heavy atom. The molecule has 1 amide bonds. The van der Waals surface area contributed by atoms with Gasteiger partial charge >= 0.3 is 0 Å². The van der Waals surface area contributed by atoms with Gasteiger partial charge in [0.15, 0.2) is 11.2 Å². The van der Waals surface area contributed by atoms with Crippen LogP contribution in [0.25, 0.3) is 56.1 Å². The summed E-state index contributed by atoms with van der Waals surface area (Å²) in [5.74, 6) is 0.0260. The molecule has 42 heavy (non-hydrogen) atoms. The van der Waals surface area contributed by atoms with Gasteiger partial charge in [-0.25, -0.2) is 13.4 Å². The average molecular weight is 584 g/mol. The summed E-state index contributed by atoms with van der Waals surface area (Å²) < 4.78 is 38.5. The van der Waals surface area contributed by atoms with Crippen LogP contribution in [0.4, 0.5) is 5.69 Å². The van der Waals surface area contributed by atoms with Crippen molar-refractivity contribution >= 4 is 43.8 Å². The van der Waals surface area contributed by atoms with Gasteiger partial charge in [-0.1, -0.05) is 29.8 Å². The van der Waals surface area contributed by atoms with Crippen LogP contribution in [0.5, 0.6) is 0 Å². The Hall–Kier alpha value is -5.23. The molecule has 212 valence electrons. The highest BCUT2D eigenvalue weighted by Gasteiger charge is 2.26. The first-order valence-electron chi connectivity index (χ1n) is 12.8. The minimum absolute atomic E-state index is 0.0573. The number of sulfonamides is 1. The lowest BCUT2D eigenvalue weighted by atomic mass is 9.98. The van der Waals surface area contributed by atoms with Crippen molar-refractivity contribution in [2.24, 2.45) is 0 Å². The number of anilines is 1. The van der Waals surface area contributed by atoms with Crippen LogP contribution in [0.15, 0.2) is 80.6 Å². The number of benzene rings is 2. The standard InChI is InChI=1S/C30H25N5O6S/c1-16-7-9-17(10-8-16)26-25(29(37)31-2)20-13-19(22(14-24(20)40-26)35(3)42(4,38)39)18-12-21(28(36)33-15-18)30-34-27-23(41-30)6-5-11-32-27/h5-15H,1-4H3,(H,31,37)(H,33,36). The van der Waals surface area contributed by atoms with E-state index in [1.807, 2.05) is 31.2 Å². The van der Waals surface area contributed by atoms with E-state index in [9.17, 15) is 18.0 Å². The number of nitrogens with zero attached hydrogens (tertiary/aromatic N) is 3. The highest BCUT2D eigenvalue weighted by Crippen LogP contribution is 2.41. The molecule has 6 aromatic rings. The molecule has 0 aliphatic rings. The van der Waals surface area contributed by atoms with E-state index in [0.717, 1.165) is 16.1 Å². The first kappa shape index (κ1) is 27.0. The van der Waals surface area contributed by atoms with E-state index >= 15 is 0 Å². The maximum absolute atomic E-state index is 13.2. The number of aryl methyl sites for hydroxylation is 1. The molecule has 0 saturated heterocycles. The number of pyridine rings is 2. The van der Waals surface area contributed by atoms with E-state index in [-0.39, 0.29) is 23.0 Å². The summed E-state index contributed by atoms with van der Waals surface area (Å²) in [5.41, 5.74) is 3.89. The number of carbonyl (C=O) groups excluding carboxylic acids is 1. The molecule has 0 aliphatic carbocycles. The van der Waals surface area contributed by atoms with Gasteiger partial charge in [-0.3, -0.25) is 13.9 Å². The molecular weight excluding hydrogens is 558 g/mol. The summed E-state index contributed by atoms with van der Waals surface area (Å²) in [5, 5.41) is 3.14. The van der Waals surface area contributed by atoms with E-state index < -0.39 is 15.6 Å². The third kappa shape index (κ3) is 4.61. The van der Waals surface area contributed by atoms with Gasteiger partial charge in [0.25, 0.3) is 11.5 Å². The lowest BCUT2D eigenvalue weighted by Gasteiger charge is -2.20. The Labute approximate surface area is 239 Å². The van der Waals surface area contributed by atoms with E-state index in [4.69, 9.17) is 8.83 Å². The fraction of sp³-hybridized carbons (Fsp3) is 0.133. The Morgan fingerprint density at radius 1 is 1.00 bits per heavy atom. The van der Waals surface area contributed by atoms with E-state index in [1.165, 1.54) is 20.3 Å². The SMILES string of the molecule is CNC(=O)c1c(-c2ccc(C)cc2)oc2cc(N(C)S(C)(=O)=O)c(-c3c[nH]c(=O)c(-c4nc5ncccc5o4)c3)cc12. The summed E-state index contributed by atoms with van der Waals surface area (Å²) >= 11 is 0. The van der Waals surface area contributed by atoms with Gasteiger partial charge in [-0.05, 0) is 31.2 Å². The summed E-state index contributed by atoms with van der Waals surface area (Å²) in [7, 11) is -0.780. The molecule has 0 saturated carbocycles. The summed E-state index contributed by atoms with van der Waals surface area (Å²) in [4.78, 5) is 37.3. The molecule has 4 heterocycles. The van der Waals surface area contributed by atoms with Crippen LogP contribution >= 0.6 is 0 Å². The predicted octanol–water partition coefficient (Wildman–Crippen LogP) is 4.72. The van der Waals surface area contributed by atoms with Crippen LogP contribution in [-0.2, 0) is 10.0 Å². The second-order valence-corrected chi connectivity index (χ2v) is 11.8. The molecule has 0 unspecified atom stereocenters. The maximum atomic E-state index is 13.2.